The van der Waals surface area contributed by atoms with Crippen LogP contribution in [0.15, 0.2) is 12.3 Å². The van der Waals surface area contributed by atoms with Crippen LogP contribution >= 0.6 is 0 Å². The summed E-state index contributed by atoms with van der Waals surface area (Å²) < 4.78 is 0. The van der Waals surface area contributed by atoms with E-state index in [1.807, 2.05) is 0 Å². The fourth-order valence-electron chi connectivity index (χ4n) is 1.01. The van der Waals surface area contributed by atoms with Gasteiger partial charge in [-0.15, -0.1) is 0 Å². The molecule has 0 aliphatic heterocycles. The molecule has 0 rings (SSSR count). The summed E-state index contributed by atoms with van der Waals surface area (Å²) in [5, 5.41) is 0. The van der Waals surface area contributed by atoms with E-state index in [-0.39, 0.29) is 0 Å². The second kappa shape index (κ2) is 6.06. The molecule has 0 spiro atoms. The first-order valence-corrected chi connectivity index (χ1v) is 4.61. The molecule has 2 heteroatoms. The van der Waals surface area contributed by atoms with Gasteiger partial charge in [0, 0.05) is 19.1 Å². The van der Waals surface area contributed by atoms with E-state index in [4.69, 9.17) is 0 Å². The van der Waals surface area contributed by atoms with Gasteiger partial charge in [0.1, 0.15) is 0 Å². The minimum atomic E-state index is 0.598. The van der Waals surface area contributed by atoms with Crippen molar-refractivity contribution < 1.29 is 0 Å². The lowest BCUT2D eigenvalue weighted by Gasteiger charge is -2.26. The Morgan fingerprint density at radius 2 is 1.75 bits per heavy atom. The Balaban J connectivity index is 3.79. The standard InChI is InChI=1S/C10H22N2/c1-6-7-12(10(2)3)9-8-11(4)5/h6-7,10H,8-9H2,1-5H3/b7-6-. The maximum absolute atomic E-state index is 2.35. The quantitative estimate of drug-likeness (QED) is 0.620. The van der Waals surface area contributed by atoms with E-state index >= 15 is 0 Å². The Morgan fingerprint density at radius 3 is 2.08 bits per heavy atom. The van der Waals surface area contributed by atoms with Crippen molar-refractivity contribution in [1.82, 2.24) is 9.80 Å². The lowest BCUT2D eigenvalue weighted by molar-refractivity contribution is 0.268. The van der Waals surface area contributed by atoms with Crippen molar-refractivity contribution in [2.24, 2.45) is 0 Å². The summed E-state index contributed by atoms with van der Waals surface area (Å²) in [6, 6.07) is 0.598. The van der Waals surface area contributed by atoms with Gasteiger partial charge in [-0.05, 0) is 41.1 Å². The Labute approximate surface area is 76.9 Å². The molecule has 2 nitrogen and oxygen atoms in total. The highest BCUT2D eigenvalue weighted by Gasteiger charge is 2.03. The van der Waals surface area contributed by atoms with Crippen LogP contribution in [-0.4, -0.2) is 43.0 Å². The summed E-state index contributed by atoms with van der Waals surface area (Å²) in [6.07, 6.45) is 4.25. The summed E-state index contributed by atoms with van der Waals surface area (Å²) in [6.45, 7) is 8.72. The maximum Gasteiger partial charge on any atom is 0.0302 e. The van der Waals surface area contributed by atoms with Crippen molar-refractivity contribution >= 4 is 0 Å². The Hall–Kier alpha value is -0.500. The topological polar surface area (TPSA) is 6.48 Å². The van der Waals surface area contributed by atoms with E-state index in [1.165, 1.54) is 0 Å². The largest absolute Gasteiger partial charge is 0.374 e. The fraction of sp³-hybridized carbons (Fsp3) is 0.800. The summed E-state index contributed by atoms with van der Waals surface area (Å²) >= 11 is 0. The number of allylic oxidation sites excluding steroid dienone is 1. The van der Waals surface area contributed by atoms with Gasteiger partial charge < -0.3 is 9.80 Å². The first-order chi connectivity index (χ1) is 5.57. The van der Waals surface area contributed by atoms with Crippen molar-refractivity contribution in [2.75, 3.05) is 27.2 Å². The Kier molecular flexibility index (Phi) is 5.81. The molecule has 12 heavy (non-hydrogen) atoms. The van der Waals surface area contributed by atoms with E-state index in [2.05, 4.69) is 56.9 Å². The minimum absolute atomic E-state index is 0.598. The van der Waals surface area contributed by atoms with Crippen molar-refractivity contribution in [1.29, 1.82) is 0 Å². The van der Waals surface area contributed by atoms with Crippen LogP contribution in [-0.2, 0) is 0 Å². The van der Waals surface area contributed by atoms with Crippen molar-refractivity contribution in [2.45, 2.75) is 26.8 Å². The van der Waals surface area contributed by atoms with E-state index in [9.17, 15) is 0 Å². The molecule has 0 saturated carbocycles. The molecule has 0 atom stereocenters. The van der Waals surface area contributed by atoms with Crippen LogP contribution in [0.25, 0.3) is 0 Å². The molecule has 72 valence electrons. The molecule has 0 radical (unpaired) electrons. The van der Waals surface area contributed by atoms with Gasteiger partial charge in [0.05, 0.1) is 0 Å². The average molecular weight is 170 g/mol. The highest BCUT2D eigenvalue weighted by atomic mass is 15.2. The third kappa shape index (κ3) is 5.19. The monoisotopic (exact) mass is 170 g/mol. The molecule has 0 N–H and O–H groups in total. The van der Waals surface area contributed by atoms with Gasteiger partial charge in [0.15, 0.2) is 0 Å². The second-order valence-corrected chi connectivity index (χ2v) is 3.62. The molecule has 0 heterocycles. The van der Waals surface area contributed by atoms with E-state index in [0.29, 0.717) is 6.04 Å². The summed E-state index contributed by atoms with van der Waals surface area (Å²) in [4.78, 5) is 4.55. The van der Waals surface area contributed by atoms with Crippen molar-refractivity contribution in [3.8, 4) is 0 Å². The molecule has 0 aromatic heterocycles. The van der Waals surface area contributed by atoms with Crippen LogP contribution in [0.4, 0.5) is 0 Å². The first-order valence-electron chi connectivity index (χ1n) is 4.61. The predicted octanol–water partition coefficient (Wildman–Crippen LogP) is 1.79. The molecule has 0 aliphatic carbocycles. The lowest BCUT2D eigenvalue weighted by atomic mass is 10.3. The minimum Gasteiger partial charge on any atom is -0.374 e. The van der Waals surface area contributed by atoms with Crippen LogP contribution in [0, 0.1) is 0 Å². The lowest BCUT2D eigenvalue weighted by Crippen LogP contribution is -2.32. The molecular weight excluding hydrogens is 148 g/mol. The summed E-state index contributed by atoms with van der Waals surface area (Å²) in [7, 11) is 4.21. The molecule has 0 saturated heterocycles. The number of rotatable bonds is 5. The maximum atomic E-state index is 2.35. The molecular formula is C10H22N2. The normalized spacial score (nSPS) is 11.9. The predicted molar refractivity (Wildman–Crippen MR) is 55.2 cm³/mol. The molecule has 0 fully saturated rings. The molecule has 0 bridgehead atoms. The van der Waals surface area contributed by atoms with E-state index < -0.39 is 0 Å². The Bertz CT molecular complexity index is 128. The third-order valence-corrected chi connectivity index (χ3v) is 1.81. The van der Waals surface area contributed by atoms with Gasteiger partial charge >= 0.3 is 0 Å². The number of hydrogen-bond acceptors (Lipinski definition) is 2. The van der Waals surface area contributed by atoms with Crippen LogP contribution in [0.3, 0.4) is 0 Å². The molecule has 0 aromatic rings. The van der Waals surface area contributed by atoms with Gasteiger partial charge in [-0.2, -0.15) is 0 Å². The summed E-state index contributed by atoms with van der Waals surface area (Å²) in [5.41, 5.74) is 0. The second-order valence-electron chi connectivity index (χ2n) is 3.62. The van der Waals surface area contributed by atoms with Crippen LogP contribution < -0.4 is 0 Å². The SMILES string of the molecule is C/C=C\N(CCN(C)C)C(C)C. The van der Waals surface area contributed by atoms with Crippen LogP contribution in [0.2, 0.25) is 0 Å². The zero-order chi connectivity index (χ0) is 9.56. The Morgan fingerprint density at radius 1 is 1.17 bits per heavy atom. The van der Waals surface area contributed by atoms with Gasteiger partial charge in [0.2, 0.25) is 0 Å². The molecule has 0 unspecified atom stereocenters. The number of hydrogen-bond donors (Lipinski definition) is 0. The van der Waals surface area contributed by atoms with Crippen LogP contribution in [0.1, 0.15) is 20.8 Å². The third-order valence-electron chi connectivity index (χ3n) is 1.81. The van der Waals surface area contributed by atoms with Crippen molar-refractivity contribution in [3.63, 3.8) is 0 Å². The van der Waals surface area contributed by atoms with Gasteiger partial charge in [-0.25, -0.2) is 0 Å². The van der Waals surface area contributed by atoms with Gasteiger partial charge in [-0.1, -0.05) is 6.08 Å². The molecule has 0 aliphatic rings. The summed E-state index contributed by atoms with van der Waals surface area (Å²) in [5.74, 6) is 0. The van der Waals surface area contributed by atoms with E-state index in [1.54, 1.807) is 0 Å². The molecule has 0 amide bonds. The first kappa shape index (κ1) is 11.5. The van der Waals surface area contributed by atoms with Gasteiger partial charge in [0.25, 0.3) is 0 Å². The highest BCUT2D eigenvalue weighted by Crippen LogP contribution is 1.98. The zero-order valence-corrected chi connectivity index (χ0v) is 9.04. The molecule has 0 aromatic carbocycles. The van der Waals surface area contributed by atoms with E-state index in [0.717, 1.165) is 13.1 Å². The highest BCUT2D eigenvalue weighted by molar-refractivity contribution is 4.81. The number of nitrogens with zero attached hydrogens (tertiary/aromatic N) is 2. The fourth-order valence-corrected chi connectivity index (χ4v) is 1.01. The average Bonchev–Trinajstić information content (AvgIpc) is 1.96. The number of likely N-dealkylation sites (N-methyl/N-ethyl adjacent to an activating group) is 1. The zero-order valence-electron chi connectivity index (χ0n) is 9.04. The smallest absolute Gasteiger partial charge is 0.0302 e. The van der Waals surface area contributed by atoms with Crippen molar-refractivity contribution in [3.05, 3.63) is 12.3 Å². The van der Waals surface area contributed by atoms with Crippen LogP contribution in [0.5, 0.6) is 0 Å². The van der Waals surface area contributed by atoms with Gasteiger partial charge in [-0.3, -0.25) is 0 Å².